The van der Waals surface area contributed by atoms with Crippen molar-refractivity contribution >= 4 is 11.6 Å². The van der Waals surface area contributed by atoms with Gasteiger partial charge in [0.1, 0.15) is 0 Å². The van der Waals surface area contributed by atoms with Crippen LogP contribution in [0.5, 0.6) is 0 Å². The summed E-state index contributed by atoms with van der Waals surface area (Å²) in [5, 5.41) is 2.98. The van der Waals surface area contributed by atoms with Gasteiger partial charge in [0.25, 0.3) is 0 Å². The molecule has 1 heterocycles. The Hall–Kier alpha value is -2.88. The number of carbonyl (C=O) groups is 1. The van der Waals surface area contributed by atoms with Crippen LogP contribution in [-0.2, 0) is 24.1 Å². The Bertz CT molecular complexity index is 926. The quantitative estimate of drug-likeness (QED) is 0.728. The maximum atomic E-state index is 12.2. The highest BCUT2D eigenvalue weighted by atomic mass is 16.4. The van der Waals surface area contributed by atoms with Crippen molar-refractivity contribution in [2.24, 2.45) is 0 Å². The first-order valence-electron chi connectivity index (χ1n) is 9.11. The summed E-state index contributed by atoms with van der Waals surface area (Å²) in [4.78, 5) is 16.5. The van der Waals surface area contributed by atoms with Crippen LogP contribution in [-0.4, -0.2) is 10.9 Å². The average Bonchev–Trinajstić information content (AvgIpc) is 3.29. The summed E-state index contributed by atoms with van der Waals surface area (Å²) in [5.41, 5.74) is 5.85. The second-order valence-electron chi connectivity index (χ2n) is 6.87. The van der Waals surface area contributed by atoms with Gasteiger partial charge in [-0.05, 0) is 49.4 Å². The number of benzene rings is 2. The number of oxazole rings is 1. The standard InChI is InChI=1S/C22H22N2O2/c1-15-5-7-17(8-6-15)20-14-23-22(26-20)12-11-21(25)24-19-10-9-16-3-2-4-18(16)13-19/h5-10,13-14H,2-4,11-12H2,1H3,(H,24,25). The summed E-state index contributed by atoms with van der Waals surface area (Å²) < 4.78 is 5.78. The highest BCUT2D eigenvalue weighted by molar-refractivity contribution is 5.90. The minimum Gasteiger partial charge on any atom is -0.441 e. The molecule has 4 rings (SSSR count). The van der Waals surface area contributed by atoms with E-state index in [1.807, 2.05) is 30.3 Å². The predicted molar refractivity (Wildman–Crippen MR) is 102 cm³/mol. The fourth-order valence-electron chi connectivity index (χ4n) is 3.37. The van der Waals surface area contributed by atoms with Crippen molar-refractivity contribution in [3.63, 3.8) is 0 Å². The van der Waals surface area contributed by atoms with E-state index in [0.717, 1.165) is 29.9 Å². The number of hydrogen-bond donors (Lipinski definition) is 1. The number of amides is 1. The van der Waals surface area contributed by atoms with E-state index in [1.54, 1.807) is 6.20 Å². The molecule has 1 aromatic heterocycles. The Balaban J connectivity index is 1.34. The van der Waals surface area contributed by atoms with Crippen LogP contribution in [0.25, 0.3) is 11.3 Å². The largest absolute Gasteiger partial charge is 0.441 e. The maximum Gasteiger partial charge on any atom is 0.224 e. The molecule has 1 aliphatic carbocycles. The molecule has 3 aromatic rings. The average molecular weight is 346 g/mol. The molecule has 1 N–H and O–H groups in total. The smallest absolute Gasteiger partial charge is 0.224 e. The monoisotopic (exact) mass is 346 g/mol. The van der Waals surface area contributed by atoms with Gasteiger partial charge in [0, 0.05) is 24.1 Å². The van der Waals surface area contributed by atoms with Crippen molar-refractivity contribution in [1.29, 1.82) is 0 Å². The fourth-order valence-corrected chi connectivity index (χ4v) is 3.37. The van der Waals surface area contributed by atoms with E-state index in [4.69, 9.17) is 4.42 Å². The Kier molecular flexibility index (Phi) is 4.57. The predicted octanol–water partition coefficient (Wildman–Crippen LogP) is 4.71. The zero-order valence-electron chi connectivity index (χ0n) is 14.9. The van der Waals surface area contributed by atoms with Crippen molar-refractivity contribution in [2.75, 3.05) is 5.32 Å². The third-order valence-corrected chi connectivity index (χ3v) is 4.84. The summed E-state index contributed by atoms with van der Waals surface area (Å²) in [6, 6.07) is 14.3. The van der Waals surface area contributed by atoms with Crippen LogP contribution in [0.4, 0.5) is 5.69 Å². The van der Waals surface area contributed by atoms with E-state index >= 15 is 0 Å². The molecule has 1 amide bonds. The summed E-state index contributed by atoms with van der Waals surface area (Å²) in [7, 11) is 0. The Morgan fingerprint density at radius 2 is 1.92 bits per heavy atom. The lowest BCUT2D eigenvalue weighted by Gasteiger charge is -2.07. The van der Waals surface area contributed by atoms with Crippen LogP contribution < -0.4 is 5.32 Å². The number of carbonyl (C=O) groups excluding carboxylic acids is 1. The highest BCUT2D eigenvalue weighted by Crippen LogP contribution is 2.25. The molecule has 0 spiro atoms. The number of nitrogens with one attached hydrogen (secondary N) is 1. The summed E-state index contributed by atoms with van der Waals surface area (Å²) >= 11 is 0. The van der Waals surface area contributed by atoms with Gasteiger partial charge in [-0.25, -0.2) is 4.98 Å². The van der Waals surface area contributed by atoms with Crippen LogP contribution in [0.1, 0.15) is 35.4 Å². The van der Waals surface area contributed by atoms with Crippen molar-refractivity contribution in [2.45, 2.75) is 39.0 Å². The van der Waals surface area contributed by atoms with Crippen molar-refractivity contribution in [3.8, 4) is 11.3 Å². The van der Waals surface area contributed by atoms with E-state index in [1.165, 1.54) is 23.1 Å². The van der Waals surface area contributed by atoms with Gasteiger partial charge in [-0.3, -0.25) is 4.79 Å². The van der Waals surface area contributed by atoms with Gasteiger partial charge in [0.2, 0.25) is 5.91 Å². The number of aromatic nitrogens is 1. The lowest BCUT2D eigenvalue weighted by atomic mass is 10.1. The SMILES string of the molecule is Cc1ccc(-c2cnc(CCC(=O)Nc3ccc4c(c3)CCC4)o2)cc1. The molecule has 0 radical (unpaired) electrons. The topological polar surface area (TPSA) is 55.1 Å². The molecule has 26 heavy (non-hydrogen) atoms. The number of aryl methyl sites for hydroxylation is 4. The highest BCUT2D eigenvalue weighted by Gasteiger charge is 2.13. The first-order valence-corrected chi connectivity index (χ1v) is 9.11. The Morgan fingerprint density at radius 3 is 2.77 bits per heavy atom. The van der Waals surface area contributed by atoms with E-state index in [2.05, 4.69) is 29.4 Å². The summed E-state index contributed by atoms with van der Waals surface area (Å²) in [6.07, 6.45) is 6.03. The van der Waals surface area contributed by atoms with Crippen LogP contribution in [0.2, 0.25) is 0 Å². The van der Waals surface area contributed by atoms with Gasteiger partial charge < -0.3 is 9.73 Å². The molecule has 0 bridgehead atoms. The molecule has 1 aliphatic rings. The van der Waals surface area contributed by atoms with Gasteiger partial charge in [-0.2, -0.15) is 0 Å². The number of nitrogens with zero attached hydrogens (tertiary/aromatic N) is 1. The molecule has 2 aromatic carbocycles. The molecule has 0 fully saturated rings. The van der Waals surface area contributed by atoms with Crippen molar-refractivity contribution in [1.82, 2.24) is 4.98 Å². The van der Waals surface area contributed by atoms with Crippen molar-refractivity contribution in [3.05, 3.63) is 71.2 Å². The number of rotatable bonds is 5. The van der Waals surface area contributed by atoms with Crippen LogP contribution in [0.3, 0.4) is 0 Å². The van der Waals surface area contributed by atoms with Crippen molar-refractivity contribution < 1.29 is 9.21 Å². The summed E-state index contributed by atoms with van der Waals surface area (Å²) in [6.45, 7) is 2.05. The maximum absolute atomic E-state index is 12.2. The van der Waals surface area contributed by atoms with E-state index < -0.39 is 0 Å². The minimum absolute atomic E-state index is 0.0157. The van der Waals surface area contributed by atoms with Gasteiger partial charge in [0.05, 0.1) is 6.20 Å². The third-order valence-electron chi connectivity index (χ3n) is 4.84. The first kappa shape index (κ1) is 16.6. The molecule has 0 aliphatic heterocycles. The summed E-state index contributed by atoms with van der Waals surface area (Å²) in [5.74, 6) is 1.31. The third kappa shape index (κ3) is 3.69. The zero-order chi connectivity index (χ0) is 17.9. The number of fused-ring (bicyclic) bond motifs is 1. The Labute approximate surface area is 153 Å². The second kappa shape index (κ2) is 7.16. The molecule has 0 atom stereocenters. The molecule has 0 unspecified atom stereocenters. The van der Waals surface area contributed by atoms with Gasteiger partial charge in [0.15, 0.2) is 11.7 Å². The first-order chi connectivity index (χ1) is 12.7. The van der Waals surface area contributed by atoms with Gasteiger partial charge in [-0.15, -0.1) is 0 Å². The van der Waals surface area contributed by atoms with Gasteiger partial charge in [-0.1, -0.05) is 35.9 Å². The second-order valence-corrected chi connectivity index (χ2v) is 6.87. The molecule has 132 valence electrons. The number of hydrogen-bond acceptors (Lipinski definition) is 3. The fraction of sp³-hybridized carbons (Fsp3) is 0.273. The van der Waals surface area contributed by atoms with Crippen LogP contribution in [0.15, 0.2) is 53.1 Å². The van der Waals surface area contributed by atoms with E-state index in [9.17, 15) is 4.79 Å². The molecule has 4 nitrogen and oxygen atoms in total. The molecule has 4 heteroatoms. The van der Waals surface area contributed by atoms with E-state index in [-0.39, 0.29) is 5.91 Å². The van der Waals surface area contributed by atoms with Gasteiger partial charge >= 0.3 is 0 Å². The normalized spacial score (nSPS) is 12.8. The lowest BCUT2D eigenvalue weighted by Crippen LogP contribution is -2.12. The molecular weight excluding hydrogens is 324 g/mol. The van der Waals surface area contributed by atoms with Crippen LogP contribution in [0, 0.1) is 6.92 Å². The lowest BCUT2D eigenvalue weighted by molar-refractivity contribution is -0.116. The zero-order valence-corrected chi connectivity index (χ0v) is 14.9. The number of anilines is 1. The minimum atomic E-state index is -0.0157. The van der Waals surface area contributed by atoms with E-state index in [0.29, 0.717) is 18.7 Å². The molecule has 0 saturated heterocycles. The molecule has 0 saturated carbocycles. The van der Waals surface area contributed by atoms with Crippen LogP contribution >= 0.6 is 0 Å². The molecular formula is C22H22N2O2. The Morgan fingerprint density at radius 1 is 1.12 bits per heavy atom.